The Morgan fingerprint density at radius 1 is 0.944 bits per heavy atom. The van der Waals surface area contributed by atoms with Crippen LogP contribution in [-0.2, 0) is 0 Å². The van der Waals surface area contributed by atoms with Crippen molar-refractivity contribution < 1.29 is 4.42 Å². The Bertz CT molecular complexity index is 646. The molecule has 0 N–H and O–H groups in total. The molecule has 0 bridgehead atoms. The summed E-state index contributed by atoms with van der Waals surface area (Å²) >= 11 is 0. The van der Waals surface area contributed by atoms with Gasteiger partial charge in [0.15, 0.2) is 11.6 Å². The number of hydrogen-bond donors (Lipinski definition) is 0. The summed E-state index contributed by atoms with van der Waals surface area (Å²) in [5.41, 5.74) is 2.75. The van der Waals surface area contributed by atoms with Crippen LogP contribution in [0.25, 0.3) is 22.8 Å². The molecule has 1 aromatic carbocycles. The second-order valence-electron chi connectivity index (χ2n) is 4.06. The van der Waals surface area contributed by atoms with Gasteiger partial charge in [0.25, 0.3) is 0 Å². The minimum Gasteiger partial charge on any atom is -0.463 e. The predicted molar refractivity (Wildman–Crippen MR) is 69.9 cm³/mol. The fraction of sp³-hybridized carbons (Fsp3) is 0.0667. The largest absolute Gasteiger partial charge is 0.463 e. The van der Waals surface area contributed by atoms with E-state index < -0.39 is 0 Å². The Hall–Kier alpha value is -2.42. The molecule has 0 unspecified atom stereocenters. The molecule has 0 amide bonds. The highest BCUT2D eigenvalue weighted by atomic mass is 16.3. The van der Waals surface area contributed by atoms with Crippen LogP contribution in [0.1, 0.15) is 5.69 Å². The van der Waals surface area contributed by atoms with E-state index in [0.29, 0.717) is 0 Å². The Labute approximate surface area is 105 Å². The molecule has 3 nitrogen and oxygen atoms in total. The summed E-state index contributed by atoms with van der Waals surface area (Å²) in [6.07, 6.45) is 1.65. The molecular weight excluding hydrogens is 224 g/mol. The molecule has 0 aliphatic rings. The first kappa shape index (κ1) is 10.7. The summed E-state index contributed by atoms with van der Waals surface area (Å²) < 4.78 is 5.38. The lowest BCUT2D eigenvalue weighted by molar-refractivity contribution is 0.580. The van der Waals surface area contributed by atoms with Gasteiger partial charge in [0, 0.05) is 11.3 Å². The van der Waals surface area contributed by atoms with Crippen LogP contribution in [-0.4, -0.2) is 9.97 Å². The average Bonchev–Trinajstić information content (AvgIpc) is 2.93. The van der Waals surface area contributed by atoms with E-state index in [1.807, 2.05) is 55.5 Å². The van der Waals surface area contributed by atoms with Gasteiger partial charge in [-0.05, 0) is 25.1 Å². The lowest BCUT2D eigenvalue weighted by Crippen LogP contribution is -1.94. The van der Waals surface area contributed by atoms with E-state index in [0.717, 1.165) is 28.5 Å². The standard InChI is InChI=1S/C15H12N2O/c1-11-10-13(14-8-5-9-18-14)17-15(16-11)12-6-3-2-4-7-12/h2-10H,1H3. The Morgan fingerprint density at radius 3 is 2.50 bits per heavy atom. The molecule has 0 atom stereocenters. The van der Waals surface area contributed by atoms with Gasteiger partial charge in [-0.15, -0.1) is 0 Å². The second kappa shape index (κ2) is 4.45. The van der Waals surface area contributed by atoms with E-state index in [2.05, 4.69) is 9.97 Å². The predicted octanol–water partition coefficient (Wildman–Crippen LogP) is 3.71. The van der Waals surface area contributed by atoms with Gasteiger partial charge in [-0.2, -0.15) is 0 Å². The zero-order chi connectivity index (χ0) is 12.4. The highest BCUT2D eigenvalue weighted by Crippen LogP contribution is 2.22. The lowest BCUT2D eigenvalue weighted by Gasteiger charge is -2.04. The summed E-state index contributed by atoms with van der Waals surface area (Å²) in [6, 6.07) is 15.6. The highest BCUT2D eigenvalue weighted by molar-refractivity contribution is 5.60. The highest BCUT2D eigenvalue weighted by Gasteiger charge is 2.08. The van der Waals surface area contributed by atoms with Crippen molar-refractivity contribution in [1.82, 2.24) is 9.97 Å². The third-order valence-electron chi connectivity index (χ3n) is 2.66. The zero-order valence-electron chi connectivity index (χ0n) is 10.00. The molecule has 0 saturated carbocycles. The second-order valence-corrected chi connectivity index (χ2v) is 4.06. The van der Waals surface area contributed by atoms with Crippen molar-refractivity contribution in [3.8, 4) is 22.8 Å². The first-order chi connectivity index (χ1) is 8.83. The summed E-state index contributed by atoms with van der Waals surface area (Å²) in [5.74, 6) is 1.49. The number of nitrogens with zero attached hydrogens (tertiary/aromatic N) is 2. The van der Waals surface area contributed by atoms with Gasteiger partial charge >= 0.3 is 0 Å². The molecule has 88 valence electrons. The molecular formula is C15H12N2O. The molecule has 2 heterocycles. The third kappa shape index (κ3) is 2.02. The number of rotatable bonds is 2. The van der Waals surface area contributed by atoms with E-state index in [9.17, 15) is 0 Å². The molecule has 0 spiro atoms. The number of aryl methyl sites for hydroxylation is 1. The van der Waals surface area contributed by atoms with E-state index in [-0.39, 0.29) is 0 Å². The van der Waals surface area contributed by atoms with E-state index >= 15 is 0 Å². The van der Waals surface area contributed by atoms with Crippen molar-refractivity contribution in [2.24, 2.45) is 0 Å². The molecule has 3 heteroatoms. The van der Waals surface area contributed by atoms with Gasteiger partial charge in [0.1, 0.15) is 5.69 Å². The van der Waals surface area contributed by atoms with Crippen LogP contribution < -0.4 is 0 Å². The SMILES string of the molecule is Cc1cc(-c2ccco2)nc(-c2ccccc2)n1. The number of hydrogen-bond acceptors (Lipinski definition) is 3. The summed E-state index contributed by atoms with van der Waals surface area (Å²) in [5, 5.41) is 0. The molecule has 18 heavy (non-hydrogen) atoms. The van der Waals surface area contributed by atoms with Crippen LogP contribution in [0.3, 0.4) is 0 Å². The van der Waals surface area contributed by atoms with Gasteiger partial charge in [-0.25, -0.2) is 9.97 Å². The maximum Gasteiger partial charge on any atom is 0.160 e. The fourth-order valence-electron chi connectivity index (χ4n) is 1.84. The zero-order valence-corrected chi connectivity index (χ0v) is 10.00. The van der Waals surface area contributed by atoms with Crippen molar-refractivity contribution in [2.45, 2.75) is 6.92 Å². The van der Waals surface area contributed by atoms with Crippen LogP contribution in [0.2, 0.25) is 0 Å². The van der Waals surface area contributed by atoms with Crippen LogP contribution in [0.5, 0.6) is 0 Å². The Kier molecular flexibility index (Phi) is 2.65. The number of furan rings is 1. The van der Waals surface area contributed by atoms with Gasteiger partial charge < -0.3 is 4.42 Å². The van der Waals surface area contributed by atoms with E-state index in [1.54, 1.807) is 6.26 Å². The average molecular weight is 236 g/mol. The first-order valence-electron chi connectivity index (χ1n) is 5.78. The molecule has 0 saturated heterocycles. The van der Waals surface area contributed by atoms with E-state index in [4.69, 9.17) is 4.42 Å². The molecule has 0 fully saturated rings. The summed E-state index contributed by atoms with van der Waals surface area (Å²) in [7, 11) is 0. The smallest absolute Gasteiger partial charge is 0.160 e. The van der Waals surface area contributed by atoms with Crippen LogP contribution in [0, 0.1) is 6.92 Å². The molecule has 0 aliphatic carbocycles. The minimum atomic E-state index is 0.724. The normalized spacial score (nSPS) is 10.5. The number of benzene rings is 1. The number of aromatic nitrogens is 2. The molecule has 3 aromatic rings. The maximum atomic E-state index is 5.38. The van der Waals surface area contributed by atoms with Crippen molar-refractivity contribution in [2.75, 3.05) is 0 Å². The van der Waals surface area contributed by atoms with Gasteiger partial charge in [-0.1, -0.05) is 30.3 Å². The molecule has 2 aromatic heterocycles. The molecule has 0 aliphatic heterocycles. The first-order valence-corrected chi connectivity index (χ1v) is 5.78. The monoisotopic (exact) mass is 236 g/mol. The topological polar surface area (TPSA) is 38.9 Å². The fourth-order valence-corrected chi connectivity index (χ4v) is 1.84. The van der Waals surface area contributed by atoms with Gasteiger partial charge in [0.2, 0.25) is 0 Å². The van der Waals surface area contributed by atoms with Crippen molar-refractivity contribution in [3.05, 3.63) is 60.5 Å². The minimum absolute atomic E-state index is 0.724. The van der Waals surface area contributed by atoms with Gasteiger partial charge in [0.05, 0.1) is 6.26 Å². The third-order valence-corrected chi connectivity index (χ3v) is 2.66. The van der Waals surface area contributed by atoms with Gasteiger partial charge in [-0.3, -0.25) is 0 Å². The Balaban J connectivity index is 2.12. The van der Waals surface area contributed by atoms with Crippen LogP contribution in [0.4, 0.5) is 0 Å². The lowest BCUT2D eigenvalue weighted by atomic mass is 10.2. The van der Waals surface area contributed by atoms with Crippen LogP contribution >= 0.6 is 0 Å². The van der Waals surface area contributed by atoms with Crippen molar-refractivity contribution in [1.29, 1.82) is 0 Å². The maximum absolute atomic E-state index is 5.38. The van der Waals surface area contributed by atoms with Crippen LogP contribution in [0.15, 0.2) is 59.2 Å². The van der Waals surface area contributed by atoms with Crippen molar-refractivity contribution >= 4 is 0 Å². The molecule has 3 rings (SSSR count). The quantitative estimate of drug-likeness (QED) is 0.680. The molecule has 0 radical (unpaired) electrons. The Morgan fingerprint density at radius 2 is 1.78 bits per heavy atom. The summed E-state index contributed by atoms with van der Waals surface area (Å²) in [6.45, 7) is 1.96. The van der Waals surface area contributed by atoms with E-state index in [1.165, 1.54) is 0 Å². The van der Waals surface area contributed by atoms with Crippen molar-refractivity contribution in [3.63, 3.8) is 0 Å². The summed E-state index contributed by atoms with van der Waals surface area (Å²) in [4.78, 5) is 9.00.